The fourth-order valence-corrected chi connectivity index (χ4v) is 3.43. The quantitative estimate of drug-likeness (QED) is 0.782. The summed E-state index contributed by atoms with van der Waals surface area (Å²) in [5.41, 5.74) is 5.84. The molecule has 1 aliphatic rings. The SMILES string of the molecule is CS(=O)(=O)N1CCC(C(=O)OC(C(N)=O)c2ccccc2)CC1. The fourth-order valence-electron chi connectivity index (χ4n) is 2.55. The molecule has 1 heterocycles. The third-order valence-electron chi connectivity index (χ3n) is 3.85. The van der Waals surface area contributed by atoms with Gasteiger partial charge in [-0.1, -0.05) is 30.3 Å². The van der Waals surface area contributed by atoms with Crippen LogP contribution in [-0.2, 0) is 24.3 Å². The molecule has 0 bridgehead atoms. The molecule has 126 valence electrons. The maximum Gasteiger partial charge on any atom is 0.310 e. The van der Waals surface area contributed by atoms with Crippen molar-refractivity contribution in [2.45, 2.75) is 18.9 Å². The lowest BCUT2D eigenvalue weighted by atomic mass is 9.98. The number of amides is 1. The van der Waals surface area contributed by atoms with Gasteiger partial charge in [0.15, 0.2) is 0 Å². The van der Waals surface area contributed by atoms with Gasteiger partial charge < -0.3 is 10.5 Å². The third kappa shape index (κ3) is 4.52. The molecule has 1 aromatic carbocycles. The second kappa shape index (κ2) is 7.10. The van der Waals surface area contributed by atoms with Gasteiger partial charge in [-0.2, -0.15) is 0 Å². The van der Waals surface area contributed by atoms with Gasteiger partial charge in [0.25, 0.3) is 5.91 Å². The molecule has 1 aromatic rings. The van der Waals surface area contributed by atoms with E-state index in [4.69, 9.17) is 10.5 Å². The van der Waals surface area contributed by atoms with Crippen molar-refractivity contribution in [3.05, 3.63) is 35.9 Å². The van der Waals surface area contributed by atoms with Crippen LogP contribution in [0.3, 0.4) is 0 Å². The summed E-state index contributed by atoms with van der Waals surface area (Å²) in [6, 6.07) is 8.56. The molecule has 0 saturated carbocycles. The molecule has 1 fully saturated rings. The molecular weight excluding hydrogens is 320 g/mol. The molecule has 1 unspecified atom stereocenters. The van der Waals surface area contributed by atoms with Gasteiger partial charge in [0.1, 0.15) is 0 Å². The lowest BCUT2D eigenvalue weighted by Gasteiger charge is -2.29. The van der Waals surface area contributed by atoms with Gasteiger partial charge in [-0.15, -0.1) is 0 Å². The van der Waals surface area contributed by atoms with E-state index in [2.05, 4.69) is 0 Å². The van der Waals surface area contributed by atoms with Crippen LogP contribution >= 0.6 is 0 Å². The summed E-state index contributed by atoms with van der Waals surface area (Å²) in [5.74, 6) is -1.69. The number of nitrogens with zero attached hydrogens (tertiary/aromatic N) is 1. The third-order valence-corrected chi connectivity index (χ3v) is 5.15. The van der Waals surface area contributed by atoms with E-state index < -0.39 is 33.9 Å². The van der Waals surface area contributed by atoms with E-state index in [1.807, 2.05) is 0 Å². The Labute approximate surface area is 135 Å². The summed E-state index contributed by atoms with van der Waals surface area (Å²) in [7, 11) is -3.25. The Morgan fingerprint density at radius 1 is 1.22 bits per heavy atom. The van der Waals surface area contributed by atoms with Crippen molar-refractivity contribution in [2.75, 3.05) is 19.3 Å². The molecular formula is C15H20N2O5S. The molecule has 7 nitrogen and oxygen atoms in total. The Balaban J connectivity index is 2.00. The zero-order chi connectivity index (χ0) is 17.0. The van der Waals surface area contributed by atoms with Crippen molar-refractivity contribution in [1.29, 1.82) is 0 Å². The van der Waals surface area contributed by atoms with Crippen molar-refractivity contribution in [3.63, 3.8) is 0 Å². The van der Waals surface area contributed by atoms with Crippen molar-refractivity contribution in [3.8, 4) is 0 Å². The highest BCUT2D eigenvalue weighted by Crippen LogP contribution is 2.24. The van der Waals surface area contributed by atoms with Gasteiger partial charge in [0.2, 0.25) is 16.1 Å². The van der Waals surface area contributed by atoms with E-state index in [0.29, 0.717) is 18.4 Å². The number of nitrogens with two attached hydrogens (primary N) is 1. The Morgan fingerprint density at radius 2 is 1.78 bits per heavy atom. The minimum atomic E-state index is -3.25. The van der Waals surface area contributed by atoms with Crippen LogP contribution in [0.25, 0.3) is 0 Å². The molecule has 1 atom stereocenters. The molecule has 0 aliphatic carbocycles. The summed E-state index contributed by atoms with van der Waals surface area (Å²) >= 11 is 0. The molecule has 1 amide bonds. The van der Waals surface area contributed by atoms with Crippen LogP contribution in [0.5, 0.6) is 0 Å². The molecule has 1 saturated heterocycles. The number of benzene rings is 1. The van der Waals surface area contributed by atoms with Crippen LogP contribution in [0.4, 0.5) is 0 Å². The van der Waals surface area contributed by atoms with Crippen molar-refractivity contribution >= 4 is 21.9 Å². The minimum Gasteiger partial charge on any atom is -0.447 e. The van der Waals surface area contributed by atoms with E-state index in [0.717, 1.165) is 6.26 Å². The molecule has 2 N–H and O–H groups in total. The normalized spacial score (nSPS) is 18.3. The maximum absolute atomic E-state index is 12.2. The Morgan fingerprint density at radius 3 is 2.26 bits per heavy atom. The van der Waals surface area contributed by atoms with Gasteiger partial charge >= 0.3 is 5.97 Å². The Kier molecular flexibility index (Phi) is 5.38. The topological polar surface area (TPSA) is 107 Å². The van der Waals surface area contributed by atoms with Gasteiger partial charge in [-0.05, 0) is 12.8 Å². The second-order valence-corrected chi connectivity index (χ2v) is 7.55. The van der Waals surface area contributed by atoms with Crippen molar-refractivity contribution in [2.24, 2.45) is 11.7 Å². The lowest BCUT2D eigenvalue weighted by Crippen LogP contribution is -2.40. The van der Waals surface area contributed by atoms with E-state index in [1.165, 1.54) is 4.31 Å². The molecule has 2 rings (SSSR count). The molecule has 1 aliphatic heterocycles. The zero-order valence-electron chi connectivity index (χ0n) is 12.8. The predicted molar refractivity (Wildman–Crippen MR) is 83.6 cm³/mol. The van der Waals surface area contributed by atoms with Gasteiger partial charge in [0.05, 0.1) is 12.2 Å². The lowest BCUT2D eigenvalue weighted by molar-refractivity contribution is -0.160. The number of sulfonamides is 1. The van der Waals surface area contributed by atoms with Crippen molar-refractivity contribution < 1.29 is 22.7 Å². The number of hydrogen-bond donors (Lipinski definition) is 1. The van der Waals surface area contributed by atoms with Crippen LogP contribution in [0.2, 0.25) is 0 Å². The average Bonchev–Trinajstić information content (AvgIpc) is 2.52. The van der Waals surface area contributed by atoms with E-state index in [-0.39, 0.29) is 13.1 Å². The van der Waals surface area contributed by atoms with Crippen molar-refractivity contribution in [1.82, 2.24) is 4.31 Å². The smallest absolute Gasteiger partial charge is 0.310 e. The molecule has 0 spiro atoms. The summed E-state index contributed by atoms with van der Waals surface area (Å²) in [5, 5.41) is 0. The van der Waals surface area contributed by atoms with Gasteiger partial charge in [0, 0.05) is 18.7 Å². The summed E-state index contributed by atoms with van der Waals surface area (Å²) in [6.45, 7) is 0.538. The number of primary amides is 1. The zero-order valence-corrected chi connectivity index (χ0v) is 13.7. The molecule has 0 radical (unpaired) electrons. The first-order valence-electron chi connectivity index (χ1n) is 7.29. The molecule has 23 heavy (non-hydrogen) atoms. The molecule has 0 aromatic heterocycles. The van der Waals surface area contributed by atoms with Crippen LogP contribution in [0.1, 0.15) is 24.5 Å². The Hall–Kier alpha value is -1.93. The highest BCUT2D eigenvalue weighted by Gasteiger charge is 2.32. The Bertz CT molecular complexity index is 666. The van der Waals surface area contributed by atoms with Crippen LogP contribution in [-0.4, -0.2) is 43.9 Å². The van der Waals surface area contributed by atoms with Gasteiger partial charge in [-0.3, -0.25) is 9.59 Å². The summed E-state index contributed by atoms with van der Waals surface area (Å²) in [4.78, 5) is 23.8. The summed E-state index contributed by atoms with van der Waals surface area (Å²) < 4.78 is 29.5. The van der Waals surface area contributed by atoms with Gasteiger partial charge in [-0.25, -0.2) is 12.7 Å². The highest BCUT2D eigenvalue weighted by molar-refractivity contribution is 7.88. The minimum absolute atomic E-state index is 0.269. The standard InChI is InChI=1S/C15H20N2O5S/c1-23(20,21)17-9-7-12(8-10-17)15(19)22-13(14(16)18)11-5-3-2-4-6-11/h2-6,12-13H,7-10H2,1H3,(H2,16,18). The first-order chi connectivity index (χ1) is 10.8. The van der Waals surface area contributed by atoms with Crippen LogP contribution in [0.15, 0.2) is 30.3 Å². The van der Waals surface area contributed by atoms with E-state index >= 15 is 0 Å². The first kappa shape index (κ1) is 17.4. The number of hydrogen-bond acceptors (Lipinski definition) is 5. The second-order valence-electron chi connectivity index (χ2n) is 5.57. The van der Waals surface area contributed by atoms with Crippen LogP contribution < -0.4 is 5.73 Å². The van der Waals surface area contributed by atoms with E-state index in [9.17, 15) is 18.0 Å². The van der Waals surface area contributed by atoms with Crippen LogP contribution in [0, 0.1) is 5.92 Å². The number of rotatable bonds is 5. The fraction of sp³-hybridized carbons (Fsp3) is 0.467. The summed E-state index contributed by atoms with van der Waals surface area (Å²) in [6.07, 6.45) is 0.749. The number of carbonyl (C=O) groups excluding carboxylic acids is 2. The maximum atomic E-state index is 12.2. The largest absolute Gasteiger partial charge is 0.447 e. The first-order valence-corrected chi connectivity index (χ1v) is 9.13. The van der Waals surface area contributed by atoms with E-state index in [1.54, 1.807) is 30.3 Å². The molecule has 8 heteroatoms. The monoisotopic (exact) mass is 340 g/mol. The number of carbonyl (C=O) groups is 2. The number of esters is 1. The predicted octanol–water partition coefficient (Wildman–Crippen LogP) is 0.428. The number of ether oxygens (including phenoxy) is 1. The highest BCUT2D eigenvalue weighted by atomic mass is 32.2. The average molecular weight is 340 g/mol. The number of piperidine rings is 1.